The van der Waals surface area contributed by atoms with E-state index in [2.05, 4.69) is 5.32 Å². The predicted molar refractivity (Wildman–Crippen MR) is 81.0 cm³/mol. The third-order valence-electron chi connectivity index (χ3n) is 3.84. The van der Waals surface area contributed by atoms with Gasteiger partial charge in [-0.3, -0.25) is 0 Å². The molecule has 5 heteroatoms. The zero-order valence-corrected chi connectivity index (χ0v) is 12.5. The molecule has 1 aromatic rings. The van der Waals surface area contributed by atoms with Crippen LogP contribution in [0.1, 0.15) is 31.4 Å². The first-order valence-corrected chi connectivity index (χ1v) is 7.58. The topological polar surface area (TPSA) is 61.8 Å². The van der Waals surface area contributed by atoms with Gasteiger partial charge in [0.2, 0.25) is 0 Å². The molecule has 1 atom stereocenters. The first-order chi connectivity index (χ1) is 10.2. The second-order valence-corrected chi connectivity index (χ2v) is 5.27. The first-order valence-electron chi connectivity index (χ1n) is 7.58. The van der Waals surface area contributed by atoms with Gasteiger partial charge in [0, 0.05) is 19.1 Å². The van der Waals surface area contributed by atoms with Crippen LogP contribution in [-0.4, -0.2) is 48.4 Å². The molecule has 5 nitrogen and oxygen atoms in total. The smallest absolute Gasteiger partial charge is 0.409 e. The Balaban J connectivity index is 1.83. The summed E-state index contributed by atoms with van der Waals surface area (Å²) in [6, 6.07) is 10.2. The normalized spacial score (nSPS) is 17.5. The number of ether oxygens (including phenoxy) is 1. The Morgan fingerprint density at radius 3 is 2.62 bits per heavy atom. The minimum Gasteiger partial charge on any atom is -0.450 e. The molecule has 1 aromatic carbocycles. The number of nitrogens with zero attached hydrogens (tertiary/aromatic N) is 1. The lowest BCUT2D eigenvalue weighted by Gasteiger charge is -2.33. The molecule has 1 saturated heterocycles. The van der Waals surface area contributed by atoms with Gasteiger partial charge in [0.1, 0.15) is 0 Å². The highest BCUT2D eigenvalue weighted by Gasteiger charge is 2.25. The molecule has 0 radical (unpaired) electrons. The maximum absolute atomic E-state index is 11.6. The van der Waals surface area contributed by atoms with E-state index in [1.165, 1.54) is 0 Å². The zero-order chi connectivity index (χ0) is 15.1. The minimum absolute atomic E-state index is 0.0506. The molecule has 0 unspecified atom stereocenters. The number of hydrogen-bond acceptors (Lipinski definition) is 4. The van der Waals surface area contributed by atoms with Crippen molar-refractivity contribution in [1.82, 2.24) is 10.2 Å². The fraction of sp³-hybridized carbons (Fsp3) is 0.562. The lowest BCUT2D eigenvalue weighted by Crippen LogP contribution is -2.46. The largest absolute Gasteiger partial charge is 0.450 e. The number of carbonyl (C=O) groups is 1. The molecule has 2 rings (SSSR count). The summed E-state index contributed by atoms with van der Waals surface area (Å²) < 4.78 is 5.01. The third kappa shape index (κ3) is 4.44. The van der Waals surface area contributed by atoms with Crippen LogP contribution in [0.2, 0.25) is 0 Å². The van der Waals surface area contributed by atoms with Crippen LogP contribution >= 0.6 is 0 Å². The van der Waals surface area contributed by atoms with Gasteiger partial charge in [0.05, 0.1) is 19.3 Å². The molecular formula is C16H24N2O3. The molecule has 1 amide bonds. The lowest BCUT2D eigenvalue weighted by atomic mass is 10.0. The van der Waals surface area contributed by atoms with Gasteiger partial charge in [0.15, 0.2) is 0 Å². The Labute approximate surface area is 125 Å². The number of benzene rings is 1. The highest BCUT2D eigenvalue weighted by Crippen LogP contribution is 2.17. The molecule has 1 fully saturated rings. The predicted octanol–water partition coefficient (Wildman–Crippen LogP) is 1.93. The van der Waals surface area contributed by atoms with E-state index in [-0.39, 0.29) is 18.7 Å². The SMILES string of the molecule is CCOC(=O)N1CCC(N[C@H](CO)c2ccccc2)CC1. The lowest BCUT2D eigenvalue weighted by molar-refractivity contribution is 0.0928. The third-order valence-corrected chi connectivity index (χ3v) is 3.84. The van der Waals surface area contributed by atoms with Crippen LogP contribution in [0.25, 0.3) is 0 Å². The van der Waals surface area contributed by atoms with E-state index in [4.69, 9.17) is 4.74 Å². The summed E-state index contributed by atoms with van der Waals surface area (Å²) in [7, 11) is 0. The van der Waals surface area contributed by atoms with Crippen molar-refractivity contribution in [1.29, 1.82) is 0 Å². The quantitative estimate of drug-likeness (QED) is 0.870. The Morgan fingerprint density at radius 2 is 2.05 bits per heavy atom. The molecule has 1 aliphatic heterocycles. The summed E-state index contributed by atoms with van der Waals surface area (Å²) in [5.74, 6) is 0. The summed E-state index contributed by atoms with van der Waals surface area (Å²) in [4.78, 5) is 13.4. The Hall–Kier alpha value is -1.59. The maximum Gasteiger partial charge on any atom is 0.409 e. The van der Waals surface area contributed by atoms with Gasteiger partial charge in [-0.25, -0.2) is 4.79 Å². The molecule has 1 heterocycles. The summed E-state index contributed by atoms with van der Waals surface area (Å²) >= 11 is 0. The molecule has 1 aliphatic rings. The number of aliphatic hydroxyl groups excluding tert-OH is 1. The van der Waals surface area contributed by atoms with E-state index in [1.807, 2.05) is 37.3 Å². The van der Waals surface area contributed by atoms with E-state index < -0.39 is 0 Å². The van der Waals surface area contributed by atoms with Crippen LogP contribution in [0.15, 0.2) is 30.3 Å². The standard InChI is InChI=1S/C16H24N2O3/c1-2-21-16(20)18-10-8-14(9-11-18)17-15(12-19)13-6-4-3-5-7-13/h3-7,14-15,17,19H,2,8-12H2,1H3/t15-/m1/s1. The number of carbonyl (C=O) groups excluding carboxylic acids is 1. The Kier molecular flexibility index (Phi) is 6.02. The number of hydrogen-bond donors (Lipinski definition) is 2. The molecular weight excluding hydrogens is 268 g/mol. The van der Waals surface area contributed by atoms with Gasteiger partial charge in [-0.2, -0.15) is 0 Å². The molecule has 116 valence electrons. The van der Waals surface area contributed by atoms with Gasteiger partial charge < -0.3 is 20.1 Å². The molecule has 2 N–H and O–H groups in total. The van der Waals surface area contributed by atoms with Gasteiger partial charge in [-0.15, -0.1) is 0 Å². The van der Waals surface area contributed by atoms with Crippen LogP contribution < -0.4 is 5.32 Å². The average molecular weight is 292 g/mol. The Morgan fingerprint density at radius 1 is 1.38 bits per heavy atom. The maximum atomic E-state index is 11.6. The monoisotopic (exact) mass is 292 g/mol. The van der Waals surface area contributed by atoms with Crippen molar-refractivity contribution in [2.45, 2.75) is 31.8 Å². The summed E-state index contributed by atoms with van der Waals surface area (Å²) in [5.41, 5.74) is 1.09. The second kappa shape index (κ2) is 8.00. The van der Waals surface area contributed by atoms with Crippen molar-refractivity contribution in [3.8, 4) is 0 Å². The van der Waals surface area contributed by atoms with Crippen molar-refractivity contribution in [2.75, 3.05) is 26.3 Å². The summed E-state index contributed by atoms with van der Waals surface area (Å²) in [6.07, 6.45) is 1.53. The van der Waals surface area contributed by atoms with E-state index in [0.29, 0.717) is 25.7 Å². The molecule has 21 heavy (non-hydrogen) atoms. The highest BCUT2D eigenvalue weighted by molar-refractivity contribution is 5.67. The number of amides is 1. The van der Waals surface area contributed by atoms with Crippen LogP contribution in [0, 0.1) is 0 Å². The van der Waals surface area contributed by atoms with Crippen LogP contribution in [0.3, 0.4) is 0 Å². The minimum atomic E-state index is -0.224. The van der Waals surface area contributed by atoms with E-state index in [9.17, 15) is 9.90 Å². The second-order valence-electron chi connectivity index (χ2n) is 5.27. The van der Waals surface area contributed by atoms with Gasteiger partial charge in [-0.1, -0.05) is 30.3 Å². The van der Waals surface area contributed by atoms with E-state index in [0.717, 1.165) is 18.4 Å². The van der Waals surface area contributed by atoms with Crippen molar-refractivity contribution >= 4 is 6.09 Å². The van der Waals surface area contributed by atoms with Crippen LogP contribution in [-0.2, 0) is 4.74 Å². The van der Waals surface area contributed by atoms with Crippen molar-refractivity contribution < 1.29 is 14.6 Å². The first kappa shape index (κ1) is 15.8. The number of rotatable bonds is 5. The Bertz CT molecular complexity index is 430. The van der Waals surface area contributed by atoms with Crippen LogP contribution in [0.4, 0.5) is 4.79 Å². The molecule has 0 bridgehead atoms. The zero-order valence-electron chi connectivity index (χ0n) is 12.5. The van der Waals surface area contributed by atoms with Gasteiger partial charge in [-0.05, 0) is 25.3 Å². The molecule has 0 spiro atoms. The van der Waals surface area contributed by atoms with Crippen LogP contribution in [0.5, 0.6) is 0 Å². The molecule has 0 aromatic heterocycles. The average Bonchev–Trinajstić information content (AvgIpc) is 2.54. The fourth-order valence-electron chi connectivity index (χ4n) is 2.67. The summed E-state index contributed by atoms with van der Waals surface area (Å²) in [6.45, 7) is 3.70. The van der Waals surface area contributed by atoms with Crippen molar-refractivity contribution in [3.05, 3.63) is 35.9 Å². The fourth-order valence-corrected chi connectivity index (χ4v) is 2.67. The number of nitrogens with one attached hydrogen (secondary N) is 1. The highest BCUT2D eigenvalue weighted by atomic mass is 16.6. The van der Waals surface area contributed by atoms with Gasteiger partial charge >= 0.3 is 6.09 Å². The van der Waals surface area contributed by atoms with E-state index in [1.54, 1.807) is 4.90 Å². The molecule has 0 aliphatic carbocycles. The number of aliphatic hydroxyl groups is 1. The van der Waals surface area contributed by atoms with Gasteiger partial charge in [0.25, 0.3) is 0 Å². The molecule has 0 saturated carbocycles. The van der Waals surface area contributed by atoms with Crippen molar-refractivity contribution in [3.63, 3.8) is 0 Å². The van der Waals surface area contributed by atoms with Crippen molar-refractivity contribution in [2.24, 2.45) is 0 Å². The summed E-state index contributed by atoms with van der Waals surface area (Å²) in [5, 5.41) is 13.1. The van der Waals surface area contributed by atoms with E-state index >= 15 is 0 Å². The number of piperidine rings is 1. The number of likely N-dealkylation sites (tertiary alicyclic amines) is 1.